The highest BCUT2D eigenvalue weighted by molar-refractivity contribution is 14.1. The molecule has 1 aromatic carbocycles. The zero-order valence-electron chi connectivity index (χ0n) is 9.59. The first-order valence-corrected chi connectivity index (χ1v) is 6.14. The fourth-order valence-electron chi connectivity index (χ4n) is 1.47. The number of hydrogen-bond acceptors (Lipinski definition) is 3. The lowest BCUT2D eigenvalue weighted by Gasteiger charge is -2.17. The summed E-state index contributed by atoms with van der Waals surface area (Å²) in [4.78, 5) is 10.00. The number of halogens is 5. The van der Waals surface area contributed by atoms with Crippen LogP contribution in [-0.4, -0.2) is 17.1 Å². The molecular weight excluding hydrogens is 383 g/mol. The lowest BCUT2D eigenvalue weighted by molar-refractivity contribution is -0.384. The maximum atomic E-state index is 13.3. The molecule has 1 rings (SSSR count). The van der Waals surface area contributed by atoms with Gasteiger partial charge in [-0.15, -0.1) is 0 Å². The predicted octanol–water partition coefficient (Wildman–Crippen LogP) is 4.09. The maximum Gasteiger partial charge on any atom is 0.391 e. The van der Waals surface area contributed by atoms with E-state index in [1.165, 1.54) is 6.92 Å². The second-order valence-corrected chi connectivity index (χ2v) is 5.07. The summed E-state index contributed by atoms with van der Waals surface area (Å²) in [5.41, 5.74) is -0.723. The van der Waals surface area contributed by atoms with Crippen LogP contribution in [0, 0.1) is 19.5 Å². The Labute approximate surface area is 119 Å². The van der Waals surface area contributed by atoms with E-state index in [2.05, 4.69) is 5.32 Å². The van der Waals surface area contributed by atoms with Gasteiger partial charge in [-0.25, -0.2) is 4.39 Å². The third-order valence-corrected chi connectivity index (χ3v) is 3.00. The van der Waals surface area contributed by atoms with Gasteiger partial charge < -0.3 is 5.32 Å². The summed E-state index contributed by atoms with van der Waals surface area (Å²) in [7, 11) is 0. The summed E-state index contributed by atoms with van der Waals surface area (Å²) in [6, 6.07) is 0.698. The van der Waals surface area contributed by atoms with Gasteiger partial charge in [0.25, 0.3) is 5.69 Å². The van der Waals surface area contributed by atoms with E-state index < -0.39 is 35.1 Å². The molecule has 0 aliphatic carbocycles. The summed E-state index contributed by atoms with van der Waals surface area (Å²) in [5.74, 6) is -0.729. The van der Waals surface area contributed by atoms with Gasteiger partial charge in [0, 0.05) is 18.2 Å². The van der Waals surface area contributed by atoms with Crippen LogP contribution in [0.25, 0.3) is 0 Å². The Balaban J connectivity index is 3.00. The summed E-state index contributed by atoms with van der Waals surface area (Å²) in [6.07, 6.45) is -5.57. The fraction of sp³-hybridized carbons (Fsp3) is 0.400. The molecule has 1 N–H and O–H groups in total. The second-order valence-electron chi connectivity index (χ2n) is 3.91. The molecule has 0 aliphatic heterocycles. The molecule has 9 heteroatoms. The van der Waals surface area contributed by atoms with Gasteiger partial charge in [-0.3, -0.25) is 10.1 Å². The van der Waals surface area contributed by atoms with Crippen LogP contribution in [-0.2, 0) is 0 Å². The van der Waals surface area contributed by atoms with Crippen LogP contribution in [0.3, 0.4) is 0 Å². The van der Waals surface area contributed by atoms with Crippen molar-refractivity contribution in [3.05, 3.63) is 31.6 Å². The van der Waals surface area contributed by atoms with E-state index >= 15 is 0 Å². The lowest BCUT2D eigenvalue weighted by atomic mass is 10.2. The van der Waals surface area contributed by atoms with Crippen molar-refractivity contribution < 1.29 is 22.5 Å². The first-order valence-electron chi connectivity index (χ1n) is 5.07. The second kappa shape index (κ2) is 5.88. The molecule has 19 heavy (non-hydrogen) atoms. The molecule has 0 aliphatic rings. The van der Waals surface area contributed by atoms with Crippen molar-refractivity contribution in [3.8, 4) is 0 Å². The van der Waals surface area contributed by atoms with E-state index in [1.807, 2.05) is 0 Å². The largest absolute Gasteiger partial charge is 0.391 e. The molecule has 1 aromatic rings. The Hall–Kier alpha value is -1.13. The number of anilines is 1. The highest BCUT2D eigenvalue weighted by Crippen LogP contribution is 2.31. The normalized spacial score (nSPS) is 13.2. The van der Waals surface area contributed by atoms with Crippen molar-refractivity contribution in [3.63, 3.8) is 0 Å². The lowest BCUT2D eigenvalue weighted by Crippen LogP contribution is -2.24. The Bertz CT molecular complexity index is 493. The number of nitro groups is 1. The van der Waals surface area contributed by atoms with Crippen LogP contribution in [0.1, 0.15) is 13.3 Å². The van der Waals surface area contributed by atoms with E-state index in [-0.39, 0.29) is 9.26 Å². The fourth-order valence-corrected chi connectivity index (χ4v) is 1.92. The van der Waals surface area contributed by atoms with E-state index in [4.69, 9.17) is 0 Å². The number of benzene rings is 1. The van der Waals surface area contributed by atoms with Crippen molar-refractivity contribution in [2.45, 2.75) is 25.6 Å². The molecular formula is C10H9F4IN2O2. The molecule has 0 saturated heterocycles. The molecule has 4 nitrogen and oxygen atoms in total. The number of rotatable bonds is 4. The van der Waals surface area contributed by atoms with Gasteiger partial charge in [0.15, 0.2) is 0 Å². The molecule has 0 saturated carbocycles. The summed E-state index contributed by atoms with van der Waals surface area (Å²) in [6.45, 7) is 1.22. The SMILES string of the molecule is CC(CC(F)(F)F)Nc1cc(F)c(I)cc1[N+](=O)[O-]. The van der Waals surface area contributed by atoms with E-state index in [9.17, 15) is 27.7 Å². The number of alkyl halides is 3. The minimum absolute atomic E-state index is 0.0262. The van der Waals surface area contributed by atoms with Crippen molar-refractivity contribution in [1.82, 2.24) is 0 Å². The van der Waals surface area contributed by atoms with Gasteiger partial charge >= 0.3 is 6.18 Å². The first kappa shape index (κ1) is 15.9. The van der Waals surface area contributed by atoms with Crippen LogP contribution in [0.5, 0.6) is 0 Å². The highest BCUT2D eigenvalue weighted by atomic mass is 127. The van der Waals surface area contributed by atoms with Crippen molar-refractivity contribution in [1.29, 1.82) is 0 Å². The highest BCUT2D eigenvalue weighted by Gasteiger charge is 2.31. The Morgan fingerprint density at radius 2 is 2.05 bits per heavy atom. The molecule has 0 amide bonds. The van der Waals surface area contributed by atoms with Crippen LogP contribution in [0.2, 0.25) is 0 Å². The van der Waals surface area contributed by atoms with Crippen molar-refractivity contribution in [2.24, 2.45) is 0 Å². The zero-order chi connectivity index (χ0) is 14.8. The van der Waals surface area contributed by atoms with Crippen LogP contribution < -0.4 is 5.32 Å². The molecule has 0 fully saturated rings. The van der Waals surface area contributed by atoms with Crippen molar-refractivity contribution in [2.75, 3.05) is 5.32 Å². The van der Waals surface area contributed by atoms with Crippen molar-refractivity contribution >= 4 is 34.0 Å². The molecule has 0 heterocycles. The average molecular weight is 392 g/mol. The van der Waals surface area contributed by atoms with Gasteiger partial charge in [-0.2, -0.15) is 13.2 Å². The third kappa shape index (κ3) is 4.80. The third-order valence-electron chi connectivity index (χ3n) is 2.17. The van der Waals surface area contributed by atoms with E-state index in [1.54, 1.807) is 22.6 Å². The Kier molecular flexibility index (Phi) is 4.93. The van der Waals surface area contributed by atoms with Crippen LogP contribution in [0.4, 0.5) is 28.9 Å². The number of nitrogens with one attached hydrogen (secondary N) is 1. The quantitative estimate of drug-likeness (QED) is 0.364. The zero-order valence-corrected chi connectivity index (χ0v) is 11.8. The van der Waals surface area contributed by atoms with Gasteiger partial charge in [0.1, 0.15) is 11.5 Å². The summed E-state index contributed by atoms with van der Waals surface area (Å²) in [5, 5.41) is 13.1. The van der Waals surface area contributed by atoms with Gasteiger partial charge in [-0.1, -0.05) is 0 Å². The average Bonchev–Trinajstić information content (AvgIpc) is 2.19. The number of hydrogen-bond donors (Lipinski definition) is 1. The summed E-state index contributed by atoms with van der Waals surface area (Å²) >= 11 is 1.57. The molecule has 0 aromatic heterocycles. The molecule has 0 spiro atoms. The van der Waals surface area contributed by atoms with E-state index in [0.29, 0.717) is 0 Å². The van der Waals surface area contributed by atoms with Crippen LogP contribution in [0.15, 0.2) is 12.1 Å². The molecule has 1 atom stereocenters. The van der Waals surface area contributed by atoms with Gasteiger partial charge in [0.2, 0.25) is 0 Å². The summed E-state index contributed by atoms with van der Waals surface area (Å²) < 4.78 is 49.8. The molecule has 1 unspecified atom stereocenters. The minimum atomic E-state index is -4.40. The topological polar surface area (TPSA) is 55.2 Å². The maximum absolute atomic E-state index is 13.3. The van der Waals surface area contributed by atoms with E-state index in [0.717, 1.165) is 12.1 Å². The first-order chi connectivity index (χ1) is 8.60. The van der Waals surface area contributed by atoms with Crippen LogP contribution >= 0.6 is 22.6 Å². The number of nitrogens with zero attached hydrogens (tertiary/aromatic N) is 1. The molecule has 0 bridgehead atoms. The molecule has 106 valence electrons. The Morgan fingerprint density at radius 3 is 2.53 bits per heavy atom. The smallest absolute Gasteiger partial charge is 0.377 e. The minimum Gasteiger partial charge on any atom is -0.377 e. The molecule has 0 radical (unpaired) electrons. The Morgan fingerprint density at radius 1 is 1.47 bits per heavy atom. The monoisotopic (exact) mass is 392 g/mol. The van der Waals surface area contributed by atoms with Gasteiger partial charge in [-0.05, 0) is 29.5 Å². The standard InChI is InChI=1S/C10H9F4IN2O2/c1-5(4-10(12,13)14)16-8-2-6(11)7(15)3-9(8)17(18)19/h2-3,5,16H,4H2,1H3. The number of nitro benzene ring substituents is 1. The predicted molar refractivity (Wildman–Crippen MR) is 69.5 cm³/mol. The van der Waals surface area contributed by atoms with Gasteiger partial charge in [0.05, 0.1) is 14.9 Å².